The van der Waals surface area contributed by atoms with Crippen molar-refractivity contribution in [1.29, 1.82) is 0 Å². The molecular formula is C16H33N3O. The first kappa shape index (κ1) is 16.2. The number of piperazine rings is 1. The summed E-state index contributed by atoms with van der Waals surface area (Å²) < 4.78 is 0. The van der Waals surface area contributed by atoms with Crippen LogP contribution in [0.15, 0.2) is 0 Å². The van der Waals surface area contributed by atoms with Gasteiger partial charge in [-0.05, 0) is 45.2 Å². The topological polar surface area (TPSA) is 30.0 Å². The van der Waals surface area contributed by atoms with Crippen molar-refractivity contribution in [2.45, 2.75) is 32.3 Å². The molecule has 0 amide bonds. The molecule has 2 aliphatic rings. The van der Waals surface area contributed by atoms with Crippen LogP contribution in [0.1, 0.15) is 26.2 Å². The van der Waals surface area contributed by atoms with Gasteiger partial charge in [0.2, 0.25) is 0 Å². The van der Waals surface area contributed by atoms with E-state index in [4.69, 9.17) is 0 Å². The first-order valence-electron chi connectivity index (χ1n) is 8.32. The van der Waals surface area contributed by atoms with Crippen molar-refractivity contribution in [3.8, 4) is 0 Å². The molecule has 118 valence electrons. The van der Waals surface area contributed by atoms with Gasteiger partial charge in [-0.2, -0.15) is 0 Å². The predicted molar refractivity (Wildman–Crippen MR) is 83.9 cm³/mol. The minimum atomic E-state index is -0.0574. The summed E-state index contributed by atoms with van der Waals surface area (Å²) in [5, 5.41) is 10.2. The Hall–Kier alpha value is -0.160. The van der Waals surface area contributed by atoms with Crippen molar-refractivity contribution >= 4 is 0 Å². The first-order chi connectivity index (χ1) is 9.54. The summed E-state index contributed by atoms with van der Waals surface area (Å²) in [6.07, 6.45) is 3.37. The summed E-state index contributed by atoms with van der Waals surface area (Å²) in [7, 11) is 4.28. The normalized spacial score (nSPS) is 33.8. The third kappa shape index (κ3) is 4.99. The number of likely N-dealkylation sites (N-methyl/N-ethyl adjacent to an activating group) is 1. The zero-order valence-electron chi connectivity index (χ0n) is 13.6. The smallest absolute Gasteiger partial charge is 0.0580 e. The fraction of sp³-hybridized carbons (Fsp3) is 1.00. The molecule has 1 saturated heterocycles. The Bertz CT molecular complexity index is 277. The van der Waals surface area contributed by atoms with Gasteiger partial charge < -0.3 is 14.9 Å². The molecule has 2 rings (SSSR count). The van der Waals surface area contributed by atoms with Crippen LogP contribution in [0.5, 0.6) is 0 Å². The Labute approximate surface area is 124 Å². The van der Waals surface area contributed by atoms with Crippen molar-refractivity contribution in [2.24, 2.45) is 11.8 Å². The number of aliphatic hydroxyl groups is 1. The first-order valence-corrected chi connectivity index (χ1v) is 8.32. The van der Waals surface area contributed by atoms with E-state index < -0.39 is 0 Å². The van der Waals surface area contributed by atoms with Gasteiger partial charge >= 0.3 is 0 Å². The maximum Gasteiger partial charge on any atom is 0.0580 e. The van der Waals surface area contributed by atoms with Crippen LogP contribution in [0.2, 0.25) is 0 Å². The molecule has 4 nitrogen and oxygen atoms in total. The van der Waals surface area contributed by atoms with E-state index >= 15 is 0 Å². The van der Waals surface area contributed by atoms with Crippen LogP contribution in [0.3, 0.4) is 0 Å². The summed E-state index contributed by atoms with van der Waals surface area (Å²) in [6, 6.07) is 0. The predicted octanol–water partition coefficient (Wildman–Crippen LogP) is 0.963. The van der Waals surface area contributed by atoms with E-state index in [0.717, 1.165) is 25.4 Å². The van der Waals surface area contributed by atoms with Crippen LogP contribution in [0.4, 0.5) is 0 Å². The second-order valence-corrected chi connectivity index (χ2v) is 7.19. The molecule has 1 saturated carbocycles. The average Bonchev–Trinajstić information content (AvgIpc) is 2.42. The lowest BCUT2D eigenvalue weighted by atomic mass is 9.80. The minimum absolute atomic E-state index is 0.0574. The molecule has 0 aromatic rings. The van der Waals surface area contributed by atoms with Crippen LogP contribution in [0.25, 0.3) is 0 Å². The van der Waals surface area contributed by atoms with Gasteiger partial charge in [0, 0.05) is 45.8 Å². The lowest BCUT2D eigenvalue weighted by Crippen LogP contribution is -2.50. The summed E-state index contributed by atoms with van der Waals surface area (Å²) in [4.78, 5) is 7.39. The van der Waals surface area contributed by atoms with E-state index in [9.17, 15) is 5.11 Å². The Morgan fingerprint density at radius 1 is 1.05 bits per heavy atom. The van der Waals surface area contributed by atoms with Crippen LogP contribution in [0, 0.1) is 11.8 Å². The van der Waals surface area contributed by atoms with Gasteiger partial charge in [0.15, 0.2) is 0 Å². The van der Waals surface area contributed by atoms with E-state index in [1.165, 1.54) is 45.6 Å². The molecule has 0 aromatic heterocycles. The lowest BCUT2D eigenvalue weighted by Gasteiger charge is -2.39. The molecule has 3 atom stereocenters. The Morgan fingerprint density at radius 3 is 2.35 bits per heavy atom. The number of rotatable bonds is 5. The van der Waals surface area contributed by atoms with Crippen molar-refractivity contribution in [1.82, 2.24) is 14.7 Å². The van der Waals surface area contributed by atoms with Crippen LogP contribution < -0.4 is 0 Å². The number of nitrogens with zero attached hydrogens (tertiary/aromatic N) is 3. The minimum Gasteiger partial charge on any atom is -0.393 e. The Kier molecular flexibility index (Phi) is 6.27. The van der Waals surface area contributed by atoms with Gasteiger partial charge in [0.1, 0.15) is 0 Å². The van der Waals surface area contributed by atoms with Gasteiger partial charge in [-0.1, -0.05) is 6.92 Å². The van der Waals surface area contributed by atoms with Crippen molar-refractivity contribution < 1.29 is 5.11 Å². The fourth-order valence-electron chi connectivity index (χ4n) is 3.55. The fourth-order valence-corrected chi connectivity index (χ4v) is 3.55. The number of aliphatic hydroxyl groups excluding tert-OH is 1. The van der Waals surface area contributed by atoms with Crippen LogP contribution >= 0.6 is 0 Å². The third-order valence-electron chi connectivity index (χ3n) is 5.03. The van der Waals surface area contributed by atoms with Gasteiger partial charge in [-0.25, -0.2) is 0 Å². The number of hydrogen-bond donors (Lipinski definition) is 1. The zero-order valence-corrected chi connectivity index (χ0v) is 13.6. The largest absolute Gasteiger partial charge is 0.393 e. The van der Waals surface area contributed by atoms with Gasteiger partial charge in [0.05, 0.1) is 6.10 Å². The van der Waals surface area contributed by atoms with E-state index in [0.29, 0.717) is 5.92 Å². The van der Waals surface area contributed by atoms with Crippen molar-refractivity contribution in [3.63, 3.8) is 0 Å². The standard InChI is InChI=1S/C16H33N3O/c1-14-4-5-16(20)15(12-14)13-19-10-8-18(9-11-19)7-6-17(2)3/h14-16,20H,4-13H2,1-3H3. The van der Waals surface area contributed by atoms with Gasteiger partial charge in [-0.3, -0.25) is 4.90 Å². The molecule has 1 N–H and O–H groups in total. The van der Waals surface area contributed by atoms with Crippen molar-refractivity contribution in [3.05, 3.63) is 0 Å². The molecule has 20 heavy (non-hydrogen) atoms. The van der Waals surface area contributed by atoms with Crippen molar-refractivity contribution in [2.75, 3.05) is 59.9 Å². The summed E-state index contributed by atoms with van der Waals surface area (Å²) in [5.41, 5.74) is 0. The van der Waals surface area contributed by atoms with Crippen LogP contribution in [-0.4, -0.2) is 85.8 Å². The molecular weight excluding hydrogens is 250 g/mol. The molecule has 0 spiro atoms. The quantitative estimate of drug-likeness (QED) is 0.814. The summed E-state index contributed by atoms with van der Waals surface area (Å²) in [6.45, 7) is 10.5. The molecule has 0 bridgehead atoms. The van der Waals surface area contributed by atoms with Gasteiger partial charge in [-0.15, -0.1) is 0 Å². The Balaban J connectivity index is 1.68. The second kappa shape index (κ2) is 7.74. The Morgan fingerprint density at radius 2 is 1.70 bits per heavy atom. The molecule has 1 aliphatic carbocycles. The zero-order chi connectivity index (χ0) is 14.5. The van der Waals surface area contributed by atoms with Gasteiger partial charge in [0.25, 0.3) is 0 Å². The summed E-state index contributed by atoms with van der Waals surface area (Å²) >= 11 is 0. The monoisotopic (exact) mass is 283 g/mol. The highest BCUT2D eigenvalue weighted by atomic mass is 16.3. The molecule has 0 aromatic carbocycles. The van der Waals surface area contributed by atoms with Crippen LogP contribution in [-0.2, 0) is 0 Å². The molecule has 4 heteroatoms. The van der Waals surface area contributed by atoms with E-state index in [1.807, 2.05) is 0 Å². The van der Waals surface area contributed by atoms with E-state index in [1.54, 1.807) is 0 Å². The lowest BCUT2D eigenvalue weighted by molar-refractivity contribution is 0.0191. The maximum atomic E-state index is 10.2. The van der Waals surface area contributed by atoms with E-state index in [-0.39, 0.29) is 6.10 Å². The molecule has 0 radical (unpaired) electrons. The highest BCUT2D eigenvalue weighted by Crippen LogP contribution is 2.29. The molecule has 1 aliphatic heterocycles. The second-order valence-electron chi connectivity index (χ2n) is 7.19. The average molecular weight is 283 g/mol. The van der Waals surface area contributed by atoms with E-state index in [2.05, 4.69) is 35.7 Å². The SMILES string of the molecule is CC1CCC(O)C(CN2CCN(CCN(C)C)CC2)C1. The third-order valence-corrected chi connectivity index (χ3v) is 5.03. The summed E-state index contributed by atoms with van der Waals surface area (Å²) in [5.74, 6) is 1.30. The highest BCUT2D eigenvalue weighted by Gasteiger charge is 2.29. The number of hydrogen-bond acceptors (Lipinski definition) is 4. The molecule has 1 heterocycles. The molecule has 2 fully saturated rings. The maximum absolute atomic E-state index is 10.2. The molecule has 3 unspecified atom stereocenters. The highest BCUT2D eigenvalue weighted by molar-refractivity contribution is 4.82.